The first-order valence-corrected chi connectivity index (χ1v) is 4.63. The predicted molar refractivity (Wildman–Crippen MR) is 56.6 cm³/mol. The molecule has 0 aliphatic heterocycles. The molecular weight excluding hydrogens is 210 g/mol. The number of benzene rings is 1. The Morgan fingerprint density at radius 2 is 2.00 bits per heavy atom. The maximum Gasteiger partial charge on any atom is 0.336 e. The molecule has 0 amide bonds. The van der Waals surface area contributed by atoms with Gasteiger partial charge in [0.2, 0.25) is 0 Å². The molecule has 0 atom stereocenters. The van der Waals surface area contributed by atoms with E-state index in [2.05, 4.69) is 4.98 Å². The summed E-state index contributed by atoms with van der Waals surface area (Å²) in [6.07, 6.45) is -0.145. The van der Waals surface area contributed by atoms with Crippen LogP contribution in [0.5, 0.6) is 0 Å². The van der Waals surface area contributed by atoms with E-state index < -0.39 is 11.9 Å². The van der Waals surface area contributed by atoms with E-state index in [9.17, 15) is 9.59 Å². The van der Waals surface area contributed by atoms with Crippen molar-refractivity contribution in [1.82, 2.24) is 4.98 Å². The van der Waals surface area contributed by atoms with Gasteiger partial charge < -0.3 is 15.2 Å². The summed E-state index contributed by atoms with van der Waals surface area (Å²) in [5.41, 5.74) is 1.30. The summed E-state index contributed by atoms with van der Waals surface area (Å²) in [7, 11) is 0. The summed E-state index contributed by atoms with van der Waals surface area (Å²) in [5, 5.41) is 18.1. The molecule has 0 spiro atoms. The maximum absolute atomic E-state index is 10.9. The first-order chi connectivity index (χ1) is 7.58. The Balaban J connectivity index is 2.56. The van der Waals surface area contributed by atoms with Crippen LogP contribution in [0.3, 0.4) is 0 Å². The van der Waals surface area contributed by atoms with E-state index in [1.807, 2.05) is 0 Å². The number of hydrogen-bond donors (Lipinski definition) is 3. The molecule has 5 heteroatoms. The fourth-order valence-electron chi connectivity index (χ4n) is 1.66. The Kier molecular flexibility index (Phi) is 2.36. The first-order valence-electron chi connectivity index (χ1n) is 4.63. The van der Waals surface area contributed by atoms with Gasteiger partial charge >= 0.3 is 11.9 Å². The summed E-state index contributed by atoms with van der Waals surface area (Å²) >= 11 is 0. The Bertz CT molecular complexity index is 570. The van der Waals surface area contributed by atoms with E-state index in [-0.39, 0.29) is 12.0 Å². The second-order valence-corrected chi connectivity index (χ2v) is 3.44. The third-order valence-corrected chi connectivity index (χ3v) is 2.29. The van der Waals surface area contributed by atoms with Crippen molar-refractivity contribution >= 4 is 22.8 Å². The van der Waals surface area contributed by atoms with Crippen LogP contribution < -0.4 is 0 Å². The molecule has 0 radical (unpaired) electrons. The minimum Gasteiger partial charge on any atom is -0.481 e. The molecule has 0 saturated heterocycles. The number of rotatable bonds is 3. The van der Waals surface area contributed by atoms with Gasteiger partial charge in [-0.3, -0.25) is 4.79 Å². The Morgan fingerprint density at radius 3 is 2.62 bits per heavy atom. The van der Waals surface area contributed by atoms with Crippen LogP contribution in [0.15, 0.2) is 24.3 Å². The number of carbonyl (C=O) groups is 2. The highest BCUT2D eigenvalue weighted by Gasteiger charge is 2.11. The van der Waals surface area contributed by atoms with E-state index >= 15 is 0 Å². The van der Waals surface area contributed by atoms with Crippen molar-refractivity contribution in [3.63, 3.8) is 0 Å². The number of aromatic carboxylic acids is 1. The molecule has 1 aromatic heterocycles. The lowest BCUT2D eigenvalue weighted by Gasteiger charge is -1.94. The molecule has 2 aromatic rings. The number of aromatic amines is 1. The average molecular weight is 219 g/mol. The highest BCUT2D eigenvalue weighted by Crippen LogP contribution is 2.20. The van der Waals surface area contributed by atoms with Crippen molar-refractivity contribution in [1.29, 1.82) is 0 Å². The van der Waals surface area contributed by atoms with Crippen LogP contribution in [0.4, 0.5) is 0 Å². The van der Waals surface area contributed by atoms with Crippen LogP contribution in [-0.4, -0.2) is 27.1 Å². The van der Waals surface area contributed by atoms with Crippen LogP contribution in [0.25, 0.3) is 10.9 Å². The number of aromatic nitrogens is 1. The third kappa shape index (κ3) is 1.75. The third-order valence-electron chi connectivity index (χ3n) is 2.29. The van der Waals surface area contributed by atoms with Gasteiger partial charge in [-0.05, 0) is 18.2 Å². The standard InChI is InChI=1S/C11H9NO4/c13-10(14)5-6-4-8-7(11(15)16)2-1-3-9(8)12-6/h1-4,12H,5H2,(H,13,14)(H,15,16). The molecule has 2 rings (SSSR count). The van der Waals surface area contributed by atoms with Crippen molar-refractivity contribution in [2.24, 2.45) is 0 Å². The van der Waals surface area contributed by atoms with E-state index in [0.717, 1.165) is 0 Å². The zero-order chi connectivity index (χ0) is 11.7. The number of aliphatic carboxylic acids is 1. The van der Waals surface area contributed by atoms with Crippen molar-refractivity contribution in [3.8, 4) is 0 Å². The predicted octanol–water partition coefficient (Wildman–Crippen LogP) is 1.49. The Labute approximate surface area is 90.3 Å². The van der Waals surface area contributed by atoms with Gasteiger partial charge in [-0.15, -0.1) is 0 Å². The number of carboxylic acids is 2. The first kappa shape index (κ1) is 10.2. The number of H-pyrrole nitrogens is 1. The number of carboxylic acid groups (broad SMARTS) is 2. The van der Waals surface area contributed by atoms with Crippen LogP contribution >= 0.6 is 0 Å². The molecule has 0 aliphatic rings. The molecular formula is C11H9NO4. The van der Waals surface area contributed by atoms with E-state index in [1.54, 1.807) is 18.2 Å². The van der Waals surface area contributed by atoms with Crippen molar-refractivity contribution < 1.29 is 19.8 Å². The normalized spacial score (nSPS) is 10.5. The molecule has 5 nitrogen and oxygen atoms in total. The number of hydrogen-bond acceptors (Lipinski definition) is 2. The molecule has 0 saturated carbocycles. The largest absolute Gasteiger partial charge is 0.481 e. The molecule has 0 aliphatic carbocycles. The SMILES string of the molecule is O=C(O)Cc1cc2c(C(=O)O)cccc2[nH]1. The molecule has 82 valence electrons. The summed E-state index contributed by atoms with van der Waals surface area (Å²) in [6.45, 7) is 0. The lowest BCUT2D eigenvalue weighted by Crippen LogP contribution is -1.99. The Hall–Kier alpha value is -2.30. The van der Waals surface area contributed by atoms with Crippen LogP contribution in [0.1, 0.15) is 16.1 Å². The molecule has 0 unspecified atom stereocenters. The minimum absolute atomic E-state index is 0.145. The summed E-state index contributed by atoms with van der Waals surface area (Å²) < 4.78 is 0. The monoisotopic (exact) mass is 219 g/mol. The van der Waals surface area contributed by atoms with E-state index in [0.29, 0.717) is 16.6 Å². The fraction of sp³-hybridized carbons (Fsp3) is 0.0909. The van der Waals surface area contributed by atoms with Crippen molar-refractivity contribution in [2.45, 2.75) is 6.42 Å². The highest BCUT2D eigenvalue weighted by atomic mass is 16.4. The number of nitrogens with one attached hydrogen (secondary N) is 1. The second kappa shape index (κ2) is 3.69. The van der Waals surface area contributed by atoms with Gasteiger partial charge in [-0.2, -0.15) is 0 Å². The second-order valence-electron chi connectivity index (χ2n) is 3.44. The Morgan fingerprint density at radius 1 is 1.25 bits per heavy atom. The van der Waals surface area contributed by atoms with Gasteiger partial charge in [-0.1, -0.05) is 6.07 Å². The van der Waals surface area contributed by atoms with Gasteiger partial charge in [-0.25, -0.2) is 4.79 Å². The number of fused-ring (bicyclic) bond motifs is 1. The van der Waals surface area contributed by atoms with E-state index in [4.69, 9.17) is 10.2 Å². The molecule has 0 bridgehead atoms. The molecule has 1 heterocycles. The molecule has 16 heavy (non-hydrogen) atoms. The summed E-state index contributed by atoms with van der Waals surface area (Å²) in [6, 6.07) is 6.38. The molecule has 0 fully saturated rings. The van der Waals surface area contributed by atoms with Crippen LogP contribution in [-0.2, 0) is 11.2 Å². The van der Waals surface area contributed by atoms with Crippen molar-refractivity contribution in [3.05, 3.63) is 35.5 Å². The topological polar surface area (TPSA) is 90.4 Å². The smallest absolute Gasteiger partial charge is 0.336 e. The quantitative estimate of drug-likeness (QED) is 0.729. The van der Waals surface area contributed by atoms with Gasteiger partial charge in [0, 0.05) is 16.6 Å². The summed E-state index contributed by atoms with van der Waals surface area (Å²) in [5.74, 6) is -1.98. The van der Waals surface area contributed by atoms with Gasteiger partial charge in [0.1, 0.15) is 0 Å². The minimum atomic E-state index is -1.02. The zero-order valence-electron chi connectivity index (χ0n) is 8.23. The van der Waals surface area contributed by atoms with Gasteiger partial charge in [0.25, 0.3) is 0 Å². The summed E-state index contributed by atoms with van der Waals surface area (Å²) in [4.78, 5) is 24.3. The highest BCUT2D eigenvalue weighted by molar-refractivity contribution is 6.03. The van der Waals surface area contributed by atoms with Gasteiger partial charge in [0.05, 0.1) is 12.0 Å². The maximum atomic E-state index is 10.9. The molecule has 1 aromatic carbocycles. The van der Waals surface area contributed by atoms with E-state index in [1.165, 1.54) is 6.07 Å². The van der Waals surface area contributed by atoms with Crippen LogP contribution in [0, 0.1) is 0 Å². The van der Waals surface area contributed by atoms with Crippen molar-refractivity contribution in [2.75, 3.05) is 0 Å². The molecule has 3 N–H and O–H groups in total. The van der Waals surface area contributed by atoms with Gasteiger partial charge in [0.15, 0.2) is 0 Å². The lowest BCUT2D eigenvalue weighted by molar-refractivity contribution is -0.136. The average Bonchev–Trinajstić information content (AvgIpc) is 2.57. The lowest BCUT2D eigenvalue weighted by atomic mass is 10.1. The zero-order valence-corrected chi connectivity index (χ0v) is 8.23. The fourth-order valence-corrected chi connectivity index (χ4v) is 1.66. The van der Waals surface area contributed by atoms with Crippen LogP contribution in [0.2, 0.25) is 0 Å².